The van der Waals surface area contributed by atoms with Crippen molar-refractivity contribution >= 4 is 11.0 Å². The molecular formula is C5H13NO2S. The van der Waals surface area contributed by atoms with E-state index in [4.69, 9.17) is 9.88 Å². The van der Waals surface area contributed by atoms with E-state index in [1.54, 1.807) is 7.11 Å². The van der Waals surface area contributed by atoms with Crippen molar-refractivity contribution in [3.63, 3.8) is 0 Å². The van der Waals surface area contributed by atoms with Gasteiger partial charge in [0.15, 0.2) is 0 Å². The fourth-order valence-corrected chi connectivity index (χ4v) is 1.20. The second-order valence-corrected chi connectivity index (χ2v) is 3.54. The van der Waals surface area contributed by atoms with Gasteiger partial charge in [0.05, 0.1) is 22.3 Å². The number of hydrogen-bond donors (Lipinski definition) is 1. The minimum Gasteiger partial charge on any atom is -0.378 e. The van der Waals surface area contributed by atoms with Gasteiger partial charge in [-0.2, -0.15) is 0 Å². The first-order valence-corrected chi connectivity index (χ1v) is 4.04. The maximum Gasteiger partial charge on any atom is 0.0917 e. The van der Waals surface area contributed by atoms with Gasteiger partial charge in [-0.05, 0) is 13.8 Å². The van der Waals surface area contributed by atoms with Crippen LogP contribution in [0.5, 0.6) is 0 Å². The van der Waals surface area contributed by atoms with Crippen molar-refractivity contribution in [3.05, 3.63) is 0 Å². The molecule has 2 N–H and O–H groups in total. The molecule has 0 aliphatic carbocycles. The smallest absolute Gasteiger partial charge is 0.0917 e. The van der Waals surface area contributed by atoms with Gasteiger partial charge in [-0.3, -0.25) is 5.14 Å². The average Bonchev–Trinajstić information content (AvgIpc) is 1.63. The first-order valence-electron chi connectivity index (χ1n) is 2.66. The van der Waals surface area contributed by atoms with Crippen LogP contribution in [-0.2, 0) is 15.7 Å². The molecule has 0 radical (unpaired) electrons. The molecule has 0 aliphatic heterocycles. The van der Waals surface area contributed by atoms with Gasteiger partial charge in [-0.1, -0.05) is 0 Å². The average molecular weight is 151 g/mol. The third-order valence-electron chi connectivity index (χ3n) is 1.04. The van der Waals surface area contributed by atoms with E-state index in [9.17, 15) is 4.21 Å². The van der Waals surface area contributed by atoms with Gasteiger partial charge in [-0.15, -0.1) is 0 Å². The number of methoxy groups -OCH3 is 1. The van der Waals surface area contributed by atoms with Crippen LogP contribution in [-0.4, -0.2) is 22.7 Å². The second-order valence-electron chi connectivity index (χ2n) is 2.49. The van der Waals surface area contributed by atoms with E-state index in [0.717, 1.165) is 0 Å². The molecule has 1 unspecified atom stereocenters. The molecule has 0 fully saturated rings. The molecule has 4 heteroatoms. The van der Waals surface area contributed by atoms with Gasteiger partial charge in [-0.25, -0.2) is 4.21 Å². The predicted molar refractivity (Wildman–Crippen MR) is 38.3 cm³/mol. The summed E-state index contributed by atoms with van der Waals surface area (Å²) in [6.07, 6.45) is 0. The van der Waals surface area contributed by atoms with Crippen LogP contribution in [0.3, 0.4) is 0 Å². The molecule has 0 aromatic carbocycles. The van der Waals surface area contributed by atoms with Crippen molar-refractivity contribution in [2.24, 2.45) is 5.14 Å². The van der Waals surface area contributed by atoms with Crippen LogP contribution in [0.2, 0.25) is 0 Å². The molecule has 0 aliphatic rings. The van der Waals surface area contributed by atoms with Gasteiger partial charge >= 0.3 is 0 Å². The van der Waals surface area contributed by atoms with Crippen molar-refractivity contribution in [1.82, 2.24) is 0 Å². The zero-order valence-electron chi connectivity index (χ0n) is 6.01. The summed E-state index contributed by atoms with van der Waals surface area (Å²) in [5.74, 6) is 0.378. The standard InChI is InChI=1S/C5H13NO2S/c1-5(2,8-3)4-9(6)7/h4,6H2,1-3H3. The van der Waals surface area contributed by atoms with E-state index in [1.807, 2.05) is 13.8 Å². The van der Waals surface area contributed by atoms with E-state index < -0.39 is 11.0 Å². The van der Waals surface area contributed by atoms with Crippen molar-refractivity contribution < 1.29 is 8.95 Å². The third-order valence-corrected chi connectivity index (χ3v) is 2.02. The molecule has 0 amide bonds. The van der Waals surface area contributed by atoms with Crippen LogP contribution in [0.25, 0.3) is 0 Å². The monoisotopic (exact) mass is 151 g/mol. The Morgan fingerprint density at radius 1 is 1.67 bits per heavy atom. The maximum atomic E-state index is 10.4. The number of rotatable bonds is 3. The van der Waals surface area contributed by atoms with Crippen LogP contribution in [0.4, 0.5) is 0 Å². The molecular weight excluding hydrogens is 138 g/mol. The topological polar surface area (TPSA) is 52.3 Å². The van der Waals surface area contributed by atoms with E-state index in [1.165, 1.54) is 0 Å². The van der Waals surface area contributed by atoms with Crippen molar-refractivity contribution in [3.8, 4) is 0 Å². The van der Waals surface area contributed by atoms with E-state index in [-0.39, 0.29) is 5.60 Å². The normalized spacial score (nSPS) is 15.6. The van der Waals surface area contributed by atoms with Gasteiger partial charge in [0.25, 0.3) is 0 Å². The summed E-state index contributed by atoms with van der Waals surface area (Å²) < 4.78 is 15.4. The van der Waals surface area contributed by atoms with Crippen LogP contribution >= 0.6 is 0 Å². The molecule has 1 atom stereocenters. The molecule has 9 heavy (non-hydrogen) atoms. The molecule has 0 spiro atoms. The van der Waals surface area contributed by atoms with Crippen molar-refractivity contribution in [2.75, 3.05) is 12.9 Å². The van der Waals surface area contributed by atoms with E-state index >= 15 is 0 Å². The largest absolute Gasteiger partial charge is 0.378 e. The Bertz CT molecular complexity index is 114. The summed E-state index contributed by atoms with van der Waals surface area (Å²) >= 11 is 0. The summed E-state index contributed by atoms with van der Waals surface area (Å²) in [7, 11) is 0.316. The second kappa shape index (κ2) is 3.29. The van der Waals surface area contributed by atoms with Gasteiger partial charge in [0.2, 0.25) is 0 Å². The highest BCUT2D eigenvalue weighted by Gasteiger charge is 2.17. The summed E-state index contributed by atoms with van der Waals surface area (Å²) in [6.45, 7) is 3.69. The first kappa shape index (κ1) is 9.07. The van der Waals surface area contributed by atoms with Gasteiger partial charge in [0.1, 0.15) is 0 Å². The molecule has 0 rings (SSSR count). The number of ether oxygens (including phenoxy) is 1. The lowest BCUT2D eigenvalue weighted by molar-refractivity contribution is 0.0433. The van der Waals surface area contributed by atoms with Crippen molar-refractivity contribution in [1.29, 1.82) is 0 Å². The molecule has 3 nitrogen and oxygen atoms in total. The van der Waals surface area contributed by atoms with Gasteiger partial charge < -0.3 is 4.74 Å². The Balaban J connectivity index is 3.71. The molecule has 0 aromatic heterocycles. The Hall–Kier alpha value is 0.0700. The third kappa shape index (κ3) is 4.57. The quantitative estimate of drug-likeness (QED) is 0.619. The number of hydrogen-bond acceptors (Lipinski definition) is 2. The fourth-order valence-electron chi connectivity index (χ4n) is 0.402. The highest BCUT2D eigenvalue weighted by Crippen LogP contribution is 2.06. The minimum atomic E-state index is -1.26. The van der Waals surface area contributed by atoms with Crippen LogP contribution in [0.15, 0.2) is 0 Å². The van der Waals surface area contributed by atoms with Crippen LogP contribution < -0.4 is 5.14 Å². The zero-order chi connectivity index (χ0) is 7.49. The molecule has 0 bridgehead atoms. The Morgan fingerprint density at radius 3 is 2.22 bits per heavy atom. The lowest BCUT2D eigenvalue weighted by atomic mass is 10.2. The van der Waals surface area contributed by atoms with E-state index in [0.29, 0.717) is 5.75 Å². The SMILES string of the molecule is COC(C)(C)CS(N)=O. The lowest BCUT2D eigenvalue weighted by Gasteiger charge is -2.20. The Morgan fingerprint density at radius 2 is 2.11 bits per heavy atom. The Kier molecular flexibility index (Phi) is 3.32. The molecule has 56 valence electrons. The van der Waals surface area contributed by atoms with Crippen LogP contribution in [0.1, 0.15) is 13.8 Å². The summed E-state index contributed by atoms with van der Waals surface area (Å²) in [4.78, 5) is 0. The van der Waals surface area contributed by atoms with Crippen molar-refractivity contribution in [2.45, 2.75) is 19.4 Å². The summed E-state index contributed by atoms with van der Waals surface area (Å²) in [6, 6.07) is 0. The molecule has 0 saturated heterocycles. The number of nitrogens with two attached hydrogens (primary N) is 1. The summed E-state index contributed by atoms with van der Waals surface area (Å²) in [5.41, 5.74) is -0.361. The lowest BCUT2D eigenvalue weighted by Crippen LogP contribution is -2.32. The van der Waals surface area contributed by atoms with Gasteiger partial charge in [0, 0.05) is 7.11 Å². The first-order chi connectivity index (χ1) is 3.98. The highest BCUT2D eigenvalue weighted by atomic mass is 32.2. The highest BCUT2D eigenvalue weighted by molar-refractivity contribution is 7.82. The zero-order valence-corrected chi connectivity index (χ0v) is 6.83. The van der Waals surface area contributed by atoms with Crippen LogP contribution in [0, 0.1) is 0 Å². The Labute approximate surface area is 58.2 Å². The predicted octanol–water partition coefficient (Wildman–Crippen LogP) is 0.0338. The fraction of sp³-hybridized carbons (Fsp3) is 1.00. The molecule has 0 heterocycles. The minimum absolute atomic E-state index is 0.361. The summed E-state index contributed by atoms with van der Waals surface area (Å²) in [5, 5.41) is 5.05. The maximum absolute atomic E-state index is 10.4. The molecule has 0 saturated carbocycles. The van der Waals surface area contributed by atoms with E-state index in [2.05, 4.69) is 0 Å². The molecule has 0 aromatic rings.